The third-order valence-corrected chi connectivity index (χ3v) is 3.33. The smallest absolute Gasteiger partial charge is 0.221 e. The van der Waals surface area contributed by atoms with E-state index in [0.717, 1.165) is 33.0 Å². The summed E-state index contributed by atoms with van der Waals surface area (Å²) in [4.78, 5) is 15.4. The fraction of sp³-hybridized carbons (Fsp3) is 0.125. The Morgan fingerprint density at radius 3 is 2.75 bits per heavy atom. The molecule has 0 unspecified atom stereocenters. The lowest BCUT2D eigenvalue weighted by molar-refractivity contribution is -0.117. The molecule has 0 aliphatic carbocycles. The van der Waals surface area contributed by atoms with Crippen LogP contribution in [0.5, 0.6) is 5.75 Å². The number of carbonyl (C=O) groups is 1. The molecule has 20 heavy (non-hydrogen) atoms. The molecule has 1 heterocycles. The van der Waals surface area contributed by atoms with Gasteiger partial charge in [-0.25, -0.2) is 0 Å². The highest BCUT2D eigenvalue weighted by atomic mass is 16.5. The summed E-state index contributed by atoms with van der Waals surface area (Å²) in [5.74, 6) is 0.471. The molecule has 0 spiro atoms. The minimum absolute atomic E-state index is 0.234. The molecule has 2 N–H and O–H groups in total. The average molecular weight is 266 g/mol. The molecule has 3 rings (SSSR count). The van der Waals surface area contributed by atoms with Crippen LogP contribution in [-0.2, 0) is 11.2 Å². The van der Waals surface area contributed by atoms with Gasteiger partial charge in [0.25, 0.3) is 0 Å². The number of benzene rings is 2. The van der Waals surface area contributed by atoms with Crippen LogP contribution in [0.25, 0.3) is 21.7 Å². The Morgan fingerprint density at radius 1 is 1.20 bits per heavy atom. The lowest BCUT2D eigenvalue weighted by Crippen LogP contribution is -2.13. The quantitative estimate of drug-likeness (QED) is 0.740. The number of rotatable bonds is 3. The summed E-state index contributed by atoms with van der Waals surface area (Å²) in [5, 5.41) is 3.19. The topological polar surface area (TPSA) is 65.2 Å². The van der Waals surface area contributed by atoms with Gasteiger partial charge in [0.2, 0.25) is 5.91 Å². The van der Waals surface area contributed by atoms with Gasteiger partial charge < -0.3 is 10.5 Å². The van der Waals surface area contributed by atoms with Crippen LogP contribution in [0, 0.1) is 0 Å². The summed E-state index contributed by atoms with van der Waals surface area (Å²) >= 11 is 0. The Kier molecular flexibility index (Phi) is 2.99. The van der Waals surface area contributed by atoms with Crippen LogP contribution < -0.4 is 10.5 Å². The van der Waals surface area contributed by atoms with Crippen LogP contribution in [0.2, 0.25) is 0 Å². The monoisotopic (exact) mass is 266 g/mol. The van der Waals surface area contributed by atoms with Crippen molar-refractivity contribution in [1.82, 2.24) is 4.98 Å². The second-order valence-corrected chi connectivity index (χ2v) is 4.71. The maximum atomic E-state index is 11.0. The summed E-state index contributed by atoms with van der Waals surface area (Å²) in [7, 11) is 1.64. The molecular weight excluding hydrogens is 252 g/mol. The average Bonchev–Trinajstić information content (AvgIpc) is 2.45. The zero-order chi connectivity index (χ0) is 14.1. The number of aromatic nitrogens is 1. The van der Waals surface area contributed by atoms with E-state index in [2.05, 4.69) is 4.98 Å². The van der Waals surface area contributed by atoms with Crippen molar-refractivity contribution in [1.29, 1.82) is 0 Å². The highest BCUT2D eigenvalue weighted by Gasteiger charge is 2.05. The molecule has 4 heteroatoms. The van der Waals surface area contributed by atoms with Gasteiger partial charge in [-0.15, -0.1) is 0 Å². The van der Waals surface area contributed by atoms with Crippen molar-refractivity contribution in [3.8, 4) is 5.75 Å². The van der Waals surface area contributed by atoms with E-state index < -0.39 is 0 Å². The number of amides is 1. The van der Waals surface area contributed by atoms with Crippen LogP contribution in [-0.4, -0.2) is 18.0 Å². The molecule has 2 aromatic carbocycles. The van der Waals surface area contributed by atoms with Crippen LogP contribution in [0.3, 0.4) is 0 Å². The molecule has 0 saturated carbocycles. The van der Waals surface area contributed by atoms with Gasteiger partial charge in [0.05, 0.1) is 19.0 Å². The minimum atomic E-state index is -0.338. The van der Waals surface area contributed by atoms with Gasteiger partial charge in [0, 0.05) is 17.0 Å². The van der Waals surface area contributed by atoms with Gasteiger partial charge in [0.1, 0.15) is 5.75 Å². The van der Waals surface area contributed by atoms with Crippen molar-refractivity contribution in [3.63, 3.8) is 0 Å². The maximum absolute atomic E-state index is 11.0. The molecule has 0 fully saturated rings. The number of primary amides is 1. The van der Waals surface area contributed by atoms with Gasteiger partial charge in [-0.1, -0.05) is 12.1 Å². The number of pyridine rings is 1. The van der Waals surface area contributed by atoms with Crippen molar-refractivity contribution in [2.75, 3.05) is 7.11 Å². The van der Waals surface area contributed by atoms with E-state index in [1.54, 1.807) is 7.11 Å². The van der Waals surface area contributed by atoms with Gasteiger partial charge in [-0.2, -0.15) is 0 Å². The van der Waals surface area contributed by atoms with E-state index in [4.69, 9.17) is 10.5 Å². The molecule has 0 atom stereocenters. The second-order valence-electron chi connectivity index (χ2n) is 4.71. The number of fused-ring (bicyclic) bond motifs is 3. The molecule has 1 aromatic heterocycles. The molecule has 0 aliphatic heterocycles. The van der Waals surface area contributed by atoms with E-state index in [1.165, 1.54) is 0 Å². The fourth-order valence-electron chi connectivity index (χ4n) is 2.38. The number of ether oxygens (including phenoxy) is 1. The van der Waals surface area contributed by atoms with Crippen molar-refractivity contribution in [3.05, 3.63) is 48.2 Å². The van der Waals surface area contributed by atoms with Crippen LogP contribution in [0.15, 0.2) is 42.6 Å². The largest absolute Gasteiger partial charge is 0.497 e. The predicted octanol–water partition coefficient (Wildman–Crippen LogP) is 2.42. The number of carbonyl (C=O) groups excluding carboxylic acids is 1. The summed E-state index contributed by atoms with van der Waals surface area (Å²) in [6.07, 6.45) is 2.05. The summed E-state index contributed by atoms with van der Waals surface area (Å²) < 4.78 is 5.22. The third kappa shape index (κ3) is 2.16. The predicted molar refractivity (Wildman–Crippen MR) is 78.7 cm³/mol. The molecule has 1 amide bonds. The molecule has 4 nitrogen and oxygen atoms in total. The van der Waals surface area contributed by atoms with E-state index >= 15 is 0 Å². The van der Waals surface area contributed by atoms with Crippen molar-refractivity contribution in [2.45, 2.75) is 6.42 Å². The zero-order valence-electron chi connectivity index (χ0n) is 11.1. The SMILES string of the molecule is COc1ccc2c(cnc3cc(CC(N)=O)ccc32)c1. The lowest BCUT2D eigenvalue weighted by Gasteiger charge is -2.07. The Bertz CT molecular complexity index is 812. The van der Waals surface area contributed by atoms with Crippen molar-refractivity contribution >= 4 is 27.6 Å². The van der Waals surface area contributed by atoms with E-state index in [1.807, 2.05) is 42.6 Å². The second kappa shape index (κ2) is 4.81. The zero-order valence-corrected chi connectivity index (χ0v) is 11.1. The summed E-state index contributed by atoms with van der Waals surface area (Å²) in [6.45, 7) is 0. The normalized spacial score (nSPS) is 10.8. The molecule has 0 bridgehead atoms. The molecular formula is C16H14N2O2. The number of nitrogens with two attached hydrogens (primary N) is 1. The lowest BCUT2D eigenvalue weighted by atomic mass is 10.0. The number of methoxy groups -OCH3 is 1. The molecule has 3 aromatic rings. The first kappa shape index (κ1) is 12.4. The van der Waals surface area contributed by atoms with E-state index in [0.29, 0.717) is 0 Å². The molecule has 0 aliphatic rings. The molecule has 0 radical (unpaired) electrons. The van der Waals surface area contributed by atoms with Gasteiger partial charge >= 0.3 is 0 Å². The van der Waals surface area contributed by atoms with E-state index in [-0.39, 0.29) is 12.3 Å². The van der Waals surface area contributed by atoms with Crippen LogP contribution >= 0.6 is 0 Å². The Labute approximate surface area is 116 Å². The first-order valence-corrected chi connectivity index (χ1v) is 6.31. The maximum Gasteiger partial charge on any atom is 0.221 e. The van der Waals surface area contributed by atoms with Crippen molar-refractivity contribution in [2.24, 2.45) is 5.73 Å². The first-order chi connectivity index (χ1) is 9.67. The van der Waals surface area contributed by atoms with Crippen molar-refractivity contribution < 1.29 is 9.53 Å². The summed E-state index contributed by atoms with van der Waals surface area (Å²) in [6, 6.07) is 11.7. The third-order valence-electron chi connectivity index (χ3n) is 3.33. The standard InChI is InChI=1S/C16H14N2O2/c1-20-12-3-5-13-11(8-12)9-18-15-6-10(7-16(17)19)2-4-14(13)15/h2-6,8-9H,7H2,1H3,(H2,17,19). The van der Waals surface area contributed by atoms with E-state index in [9.17, 15) is 4.79 Å². The van der Waals surface area contributed by atoms with Crippen LogP contribution in [0.4, 0.5) is 0 Å². The first-order valence-electron chi connectivity index (χ1n) is 6.31. The Balaban J connectivity index is 2.19. The number of nitrogens with zero attached hydrogens (tertiary/aromatic N) is 1. The summed E-state index contributed by atoms with van der Waals surface area (Å²) in [5.41, 5.74) is 6.96. The fourth-order valence-corrected chi connectivity index (χ4v) is 2.38. The molecule has 0 saturated heterocycles. The Morgan fingerprint density at radius 2 is 2.00 bits per heavy atom. The number of hydrogen-bond acceptors (Lipinski definition) is 3. The minimum Gasteiger partial charge on any atom is -0.497 e. The highest BCUT2D eigenvalue weighted by molar-refractivity contribution is 6.05. The highest BCUT2D eigenvalue weighted by Crippen LogP contribution is 2.27. The van der Waals surface area contributed by atoms with Gasteiger partial charge in [-0.3, -0.25) is 9.78 Å². The number of hydrogen-bond donors (Lipinski definition) is 1. The Hall–Kier alpha value is -2.62. The molecule has 100 valence electrons. The van der Waals surface area contributed by atoms with Gasteiger partial charge in [0.15, 0.2) is 0 Å². The van der Waals surface area contributed by atoms with Gasteiger partial charge in [-0.05, 0) is 35.2 Å². The van der Waals surface area contributed by atoms with Crippen LogP contribution in [0.1, 0.15) is 5.56 Å².